The minimum atomic E-state index is 0.740. The van der Waals surface area contributed by atoms with Gasteiger partial charge in [0.1, 0.15) is 5.82 Å². The number of nitrogen functional groups attached to an aromatic ring is 1. The van der Waals surface area contributed by atoms with Crippen LogP contribution in [-0.4, -0.2) is 9.78 Å². The Balaban J connectivity index is 1.83. The number of rotatable bonds is 3. The van der Waals surface area contributed by atoms with E-state index in [1.165, 1.54) is 12.8 Å². The van der Waals surface area contributed by atoms with Crippen LogP contribution < -0.4 is 5.73 Å². The lowest BCUT2D eigenvalue weighted by Gasteiger charge is -2.32. The highest BCUT2D eigenvalue weighted by Crippen LogP contribution is 2.35. The zero-order valence-electron chi connectivity index (χ0n) is 11.0. The summed E-state index contributed by atoms with van der Waals surface area (Å²) < 4.78 is 3.00. The van der Waals surface area contributed by atoms with Crippen molar-refractivity contribution in [3.05, 3.63) is 34.8 Å². The van der Waals surface area contributed by atoms with E-state index in [-0.39, 0.29) is 0 Å². The molecule has 1 aromatic heterocycles. The van der Waals surface area contributed by atoms with Crippen LogP contribution in [0.5, 0.6) is 0 Å². The fraction of sp³-hybridized carbons (Fsp3) is 0.400. The smallest absolute Gasteiger partial charge is 0.122 e. The summed E-state index contributed by atoms with van der Waals surface area (Å²) in [6.07, 6.45) is 2.59. The molecule has 0 aliphatic heterocycles. The summed E-state index contributed by atoms with van der Waals surface area (Å²) in [5.74, 6) is 2.36. The van der Waals surface area contributed by atoms with Crippen LogP contribution in [0.3, 0.4) is 0 Å². The van der Waals surface area contributed by atoms with Gasteiger partial charge in [0.15, 0.2) is 0 Å². The molecule has 19 heavy (non-hydrogen) atoms. The van der Waals surface area contributed by atoms with Gasteiger partial charge in [-0.25, -0.2) is 4.68 Å². The van der Waals surface area contributed by atoms with Crippen molar-refractivity contribution in [2.75, 3.05) is 5.73 Å². The van der Waals surface area contributed by atoms with E-state index in [4.69, 9.17) is 5.73 Å². The molecule has 4 heteroatoms. The molecule has 0 atom stereocenters. The highest BCUT2D eigenvalue weighted by molar-refractivity contribution is 9.10. The molecular weight excluding hydrogens is 302 g/mol. The van der Waals surface area contributed by atoms with E-state index in [1.54, 1.807) is 0 Å². The molecule has 0 radical (unpaired) electrons. The summed E-state index contributed by atoms with van der Waals surface area (Å²) in [6, 6.07) is 10.1. The summed E-state index contributed by atoms with van der Waals surface area (Å²) in [7, 11) is 0. The molecule has 3 nitrogen and oxygen atoms in total. The second-order valence-corrected chi connectivity index (χ2v) is 6.41. The molecule has 1 saturated carbocycles. The van der Waals surface area contributed by atoms with E-state index in [0.29, 0.717) is 0 Å². The molecule has 1 aliphatic carbocycles. The first-order valence-electron chi connectivity index (χ1n) is 6.71. The van der Waals surface area contributed by atoms with Gasteiger partial charge in [0.2, 0.25) is 0 Å². The molecule has 0 amide bonds. The van der Waals surface area contributed by atoms with E-state index in [2.05, 4.69) is 34.0 Å². The number of anilines is 1. The average Bonchev–Trinajstić information content (AvgIpc) is 2.69. The third kappa shape index (κ3) is 2.54. The van der Waals surface area contributed by atoms with Gasteiger partial charge in [0, 0.05) is 22.6 Å². The first-order chi connectivity index (χ1) is 9.13. The van der Waals surface area contributed by atoms with Crippen LogP contribution >= 0.6 is 15.9 Å². The van der Waals surface area contributed by atoms with Gasteiger partial charge >= 0.3 is 0 Å². The number of nitrogens with two attached hydrogens (primary N) is 1. The van der Waals surface area contributed by atoms with Crippen molar-refractivity contribution in [1.82, 2.24) is 9.78 Å². The van der Waals surface area contributed by atoms with Gasteiger partial charge in [-0.1, -0.05) is 41.1 Å². The van der Waals surface area contributed by atoms with E-state index < -0.39 is 0 Å². The Kier molecular flexibility index (Phi) is 3.35. The van der Waals surface area contributed by atoms with Crippen molar-refractivity contribution >= 4 is 21.7 Å². The Hall–Kier alpha value is -1.29. The van der Waals surface area contributed by atoms with Crippen LogP contribution in [0.4, 0.5) is 5.82 Å². The highest BCUT2D eigenvalue weighted by atomic mass is 79.9. The molecule has 1 fully saturated rings. The Morgan fingerprint density at radius 3 is 2.79 bits per heavy atom. The Morgan fingerprint density at radius 2 is 2.11 bits per heavy atom. The lowest BCUT2D eigenvalue weighted by Crippen LogP contribution is -2.26. The molecule has 0 unspecified atom stereocenters. The van der Waals surface area contributed by atoms with Crippen LogP contribution in [-0.2, 0) is 6.54 Å². The van der Waals surface area contributed by atoms with Crippen LogP contribution in [0.2, 0.25) is 0 Å². The van der Waals surface area contributed by atoms with Gasteiger partial charge in [-0.3, -0.25) is 0 Å². The van der Waals surface area contributed by atoms with Gasteiger partial charge in [-0.2, -0.15) is 5.10 Å². The Morgan fingerprint density at radius 1 is 1.37 bits per heavy atom. The number of nitrogens with zero attached hydrogens (tertiary/aromatic N) is 2. The van der Waals surface area contributed by atoms with E-state index in [1.807, 2.05) is 28.9 Å². The maximum atomic E-state index is 6.08. The predicted octanol–water partition coefficient (Wildman–Crippen LogP) is 3.94. The van der Waals surface area contributed by atoms with Gasteiger partial charge in [0.05, 0.1) is 5.69 Å². The van der Waals surface area contributed by atoms with Gasteiger partial charge < -0.3 is 5.73 Å². The molecule has 0 saturated heterocycles. The maximum Gasteiger partial charge on any atom is 0.122 e. The zero-order valence-corrected chi connectivity index (χ0v) is 12.6. The van der Waals surface area contributed by atoms with Crippen LogP contribution in [0.15, 0.2) is 34.8 Å². The topological polar surface area (TPSA) is 43.8 Å². The van der Waals surface area contributed by atoms with Crippen molar-refractivity contribution in [2.24, 2.45) is 11.8 Å². The van der Waals surface area contributed by atoms with Gasteiger partial charge in [-0.05, 0) is 30.7 Å². The molecule has 1 aromatic carbocycles. The number of benzene rings is 1. The molecule has 1 heterocycles. The van der Waals surface area contributed by atoms with Gasteiger partial charge in [0.25, 0.3) is 0 Å². The summed E-state index contributed by atoms with van der Waals surface area (Å²) in [4.78, 5) is 0. The Labute approximate surface area is 121 Å². The molecule has 2 aromatic rings. The minimum absolute atomic E-state index is 0.740. The maximum absolute atomic E-state index is 6.08. The van der Waals surface area contributed by atoms with Crippen molar-refractivity contribution in [2.45, 2.75) is 26.3 Å². The van der Waals surface area contributed by atoms with Crippen molar-refractivity contribution in [1.29, 1.82) is 0 Å². The second kappa shape index (κ2) is 5.00. The van der Waals surface area contributed by atoms with Crippen LogP contribution in [0, 0.1) is 11.8 Å². The van der Waals surface area contributed by atoms with Crippen molar-refractivity contribution in [3.63, 3.8) is 0 Å². The fourth-order valence-electron chi connectivity index (χ4n) is 2.84. The summed E-state index contributed by atoms with van der Waals surface area (Å²) >= 11 is 3.56. The standard InChI is InChI=1S/C15H18BrN3/c1-10-6-11(7-10)9-19-15(17)8-14(18-19)12-4-2-3-5-13(12)16/h2-5,8,10-11H,6-7,9,17H2,1H3. The lowest BCUT2D eigenvalue weighted by molar-refractivity contribution is 0.183. The summed E-state index contributed by atoms with van der Waals surface area (Å²) in [5.41, 5.74) is 8.11. The molecule has 3 rings (SSSR count). The number of halogens is 1. The summed E-state index contributed by atoms with van der Waals surface area (Å²) in [6.45, 7) is 3.25. The van der Waals surface area contributed by atoms with Crippen molar-refractivity contribution < 1.29 is 0 Å². The van der Waals surface area contributed by atoms with E-state index in [0.717, 1.165) is 39.9 Å². The third-order valence-electron chi connectivity index (χ3n) is 3.86. The molecule has 0 bridgehead atoms. The number of aromatic nitrogens is 2. The molecular formula is C15H18BrN3. The molecule has 100 valence electrons. The Bertz CT molecular complexity index is 585. The van der Waals surface area contributed by atoms with E-state index in [9.17, 15) is 0 Å². The quantitative estimate of drug-likeness (QED) is 0.931. The van der Waals surface area contributed by atoms with Crippen LogP contribution in [0.25, 0.3) is 11.3 Å². The first kappa shape index (κ1) is 12.7. The molecule has 1 aliphatic rings. The largest absolute Gasteiger partial charge is 0.384 e. The number of hydrogen-bond acceptors (Lipinski definition) is 2. The summed E-state index contributed by atoms with van der Waals surface area (Å²) in [5, 5.41) is 4.65. The third-order valence-corrected chi connectivity index (χ3v) is 4.55. The number of hydrogen-bond donors (Lipinski definition) is 1. The normalized spacial score (nSPS) is 22.2. The zero-order chi connectivity index (χ0) is 13.4. The lowest BCUT2D eigenvalue weighted by atomic mass is 9.76. The molecule has 0 spiro atoms. The average molecular weight is 320 g/mol. The second-order valence-electron chi connectivity index (χ2n) is 5.56. The highest BCUT2D eigenvalue weighted by Gasteiger charge is 2.26. The van der Waals surface area contributed by atoms with Crippen LogP contribution in [0.1, 0.15) is 19.8 Å². The SMILES string of the molecule is CC1CC(Cn2nc(-c3ccccc3Br)cc2N)C1. The van der Waals surface area contributed by atoms with Crippen molar-refractivity contribution in [3.8, 4) is 11.3 Å². The van der Waals surface area contributed by atoms with E-state index >= 15 is 0 Å². The van der Waals surface area contributed by atoms with Gasteiger partial charge in [-0.15, -0.1) is 0 Å². The first-order valence-corrected chi connectivity index (χ1v) is 7.51. The predicted molar refractivity (Wildman–Crippen MR) is 81.7 cm³/mol. The fourth-order valence-corrected chi connectivity index (χ4v) is 3.33. The minimum Gasteiger partial charge on any atom is -0.384 e. The molecule has 2 N–H and O–H groups in total. The monoisotopic (exact) mass is 319 g/mol.